The maximum Gasteiger partial charge on any atom is 0.288 e. The lowest BCUT2D eigenvalue weighted by molar-refractivity contribution is 0.414. The summed E-state index contributed by atoms with van der Waals surface area (Å²) < 4.78 is 12.2. The van der Waals surface area contributed by atoms with Gasteiger partial charge in [-0.05, 0) is 52.4 Å². The second-order valence-electron chi connectivity index (χ2n) is 6.67. The van der Waals surface area contributed by atoms with Crippen LogP contribution >= 0.6 is 0 Å². The fourth-order valence-electron chi connectivity index (χ4n) is 3.60. The van der Waals surface area contributed by atoms with E-state index in [4.69, 9.17) is 9.47 Å². The van der Waals surface area contributed by atoms with Crippen LogP contribution in [0.4, 0.5) is 11.6 Å². The topological polar surface area (TPSA) is 120 Å². The van der Waals surface area contributed by atoms with Gasteiger partial charge in [0.15, 0.2) is 0 Å². The highest BCUT2D eigenvalue weighted by Crippen LogP contribution is 2.41. The molecule has 0 fully saturated rings. The molecule has 30 heavy (non-hydrogen) atoms. The van der Waals surface area contributed by atoms with Gasteiger partial charge < -0.3 is 14.8 Å². The number of ether oxygens (including phenoxy) is 2. The lowest BCUT2D eigenvalue weighted by Gasteiger charge is -2.27. The maximum atomic E-state index is 12.7. The van der Waals surface area contributed by atoms with E-state index in [1.807, 2.05) is 48.5 Å². The van der Waals surface area contributed by atoms with E-state index in [1.54, 1.807) is 18.9 Å². The second-order valence-corrected chi connectivity index (χ2v) is 6.67. The van der Waals surface area contributed by atoms with Gasteiger partial charge >= 0.3 is 0 Å². The minimum atomic E-state index is -0.455. The normalized spacial score (nSPS) is 14.4. The molecule has 10 nitrogen and oxygen atoms in total. The largest absolute Gasteiger partial charge is 0.497 e. The summed E-state index contributed by atoms with van der Waals surface area (Å²) in [7, 11) is 3.22. The quantitative estimate of drug-likeness (QED) is 0.468. The van der Waals surface area contributed by atoms with Crippen molar-refractivity contribution >= 4 is 11.6 Å². The van der Waals surface area contributed by atoms with Crippen LogP contribution in [0.2, 0.25) is 0 Å². The van der Waals surface area contributed by atoms with E-state index in [2.05, 4.69) is 31.0 Å². The highest BCUT2D eigenvalue weighted by atomic mass is 16.5. The number of hydrogen-bond acceptors (Lipinski definition) is 8. The lowest BCUT2D eigenvalue weighted by Crippen LogP contribution is -2.29. The molecule has 0 amide bonds. The molecule has 1 aliphatic heterocycles. The van der Waals surface area contributed by atoms with Gasteiger partial charge in [-0.1, -0.05) is 17.2 Å². The van der Waals surface area contributed by atoms with Crippen molar-refractivity contribution < 1.29 is 9.47 Å². The van der Waals surface area contributed by atoms with E-state index >= 15 is 0 Å². The standard InChI is InChI=1S/C20H17N7O3/c1-29-13-7-3-11(4-8-13)16-15-17(19(28)23-22-16)21-20-24-25-26-27(20)18(15)12-5-9-14(30-2)10-6-12/h3-10,18H,1-2H3,(H,23,28)(H,21,24,26). The summed E-state index contributed by atoms with van der Waals surface area (Å²) in [6.45, 7) is 0. The van der Waals surface area contributed by atoms with Gasteiger partial charge in [0, 0.05) is 11.1 Å². The molecule has 0 saturated heterocycles. The van der Waals surface area contributed by atoms with E-state index in [0.29, 0.717) is 22.9 Å². The van der Waals surface area contributed by atoms with Crippen molar-refractivity contribution in [3.63, 3.8) is 0 Å². The van der Waals surface area contributed by atoms with Crippen LogP contribution in [-0.4, -0.2) is 44.6 Å². The van der Waals surface area contributed by atoms with Crippen molar-refractivity contribution in [3.05, 3.63) is 70.0 Å². The fourth-order valence-corrected chi connectivity index (χ4v) is 3.60. The Hall–Kier alpha value is -4.21. The number of fused-ring (bicyclic) bond motifs is 2. The van der Waals surface area contributed by atoms with E-state index in [-0.39, 0.29) is 5.56 Å². The number of rotatable bonds is 4. The van der Waals surface area contributed by atoms with Gasteiger partial charge in [-0.25, -0.2) is 5.10 Å². The molecule has 2 aromatic heterocycles. The Morgan fingerprint density at radius 3 is 2.30 bits per heavy atom. The molecule has 1 unspecified atom stereocenters. The van der Waals surface area contributed by atoms with Crippen LogP contribution in [0.5, 0.6) is 11.5 Å². The first kappa shape index (κ1) is 17.9. The van der Waals surface area contributed by atoms with Crippen molar-refractivity contribution in [2.45, 2.75) is 6.04 Å². The number of H-pyrrole nitrogens is 1. The number of nitrogens with one attached hydrogen (secondary N) is 2. The number of benzene rings is 2. The average molecular weight is 403 g/mol. The molecule has 0 saturated carbocycles. The Kier molecular flexibility index (Phi) is 4.16. The average Bonchev–Trinajstić information content (AvgIpc) is 3.27. The minimum Gasteiger partial charge on any atom is -0.497 e. The Morgan fingerprint density at radius 2 is 1.63 bits per heavy atom. The van der Waals surface area contributed by atoms with Gasteiger partial charge in [-0.15, -0.1) is 0 Å². The van der Waals surface area contributed by atoms with Crippen LogP contribution in [0.3, 0.4) is 0 Å². The van der Waals surface area contributed by atoms with Crippen molar-refractivity contribution in [1.29, 1.82) is 0 Å². The number of nitrogens with zero attached hydrogens (tertiary/aromatic N) is 5. The van der Waals surface area contributed by atoms with Crippen molar-refractivity contribution in [2.24, 2.45) is 0 Å². The third-order valence-corrected chi connectivity index (χ3v) is 5.06. The number of aromatic amines is 1. The molecule has 150 valence electrons. The van der Waals surface area contributed by atoms with Crippen LogP contribution in [0.1, 0.15) is 17.2 Å². The van der Waals surface area contributed by atoms with E-state index in [1.165, 1.54) is 0 Å². The number of anilines is 2. The van der Waals surface area contributed by atoms with E-state index < -0.39 is 6.04 Å². The highest BCUT2D eigenvalue weighted by Gasteiger charge is 2.34. The number of tetrazole rings is 1. The molecule has 0 bridgehead atoms. The first-order chi connectivity index (χ1) is 14.7. The third kappa shape index (κ3) is 2.77. The number of aromatic nitrogens is 6. The van der Waals surface area contributed by atoms with Crippen LogP contribution < -0.4 is 20.3 Å². The molecule has 0 spiro atoms. The molecule has 2 aromatic carbocycles. The molecule has 1 aliphatic rings. The summed E-state index contributed by atoms with van der Waals surface area (Å²) in [5.74, 6) is 1.83. The van der Waals surface area contributed by atoms with Crippen LogP contribution in [0.25, 0.3) is 11.3 Å². The molecule has 2 N–H and O–H groups in total. The number of hydrogen-bond donors (Lipinski definition) is 2. The predicted molar refractivity (Wildman–Crippen MR) is 108 cm³/mol. The molecule has 0 aliphatic carbocycles. The van der Waals surface area contributed by atoms with Crippen LogP contribution in [0.15, 0.2) is 53.3 Å². The van der Waals surface area contributed by atoms with Gasteiger partial charge in [0.25, 0.3) is 5.56 Å². The van der Waals surface area contributed by atoms with E-state index in [0.717, 1.165) is 22.6 Å². The zero-order chi connectivity index (χ0) is 20.7. The molecule has 3 heterocycles. The summed E-state index contributed by atoms with van der Waals surface area (Å²) in [5, 5.41) is 21.9. The molecule has 5 rings (SSSR count). The van der Waals surface area contributed by atoms with Gasteiger partial charge in [0.1, 0.15) is 23.2 Å². The molecule has 4 aromatic rings. The van der Waals surface area contributed by atoms with Gasteiger partial charge in [0.05, 0.1) is 19.9 Å². The zero-order valence-corrected chi connectivity index (χ0v) is 16.2. The Morgan fingerprint density at radius 1 is 0.967 bits per heavy atom. The maximum absolute atomic E-state index is 12.7. The monoisotopic (exact) mass is 403 g/mol. The minimum absolute atomic E-state index is 0.352. The predicted octanol–water partition coefficient (Wildman–Crippen LogP) is 2.14. The SMILES string of the molecule is COc1ccc(-c2n[nH]c(=O)c3c2C(c2ccc(OC)cc2)n2nnnc2N3)cc1. The molecule has 0 radical (unpaired) electrons. The van der Waals surface area contributed by atoms with Crippen molar-refractivity contribution in [3.8, 4) is 22.8 Å². The third-order valence-electron chi connectivity index (χ3n) is 5.06. The Balaban J connectivity index is 1.75. The molecular weight excluding hydrogens is 386 g/mol. The summed E-state index contributed by atoms with van der Waals surface area (Å²) in [5.41, 5.74) is 3.00. The van der Waals surface area contributed by atoms with Crippen molar-refractivity contribution in [2.75, 3.05) is 19.5 Å². The fraction of sp³-hybridized carbons (Fsp3) is 0.150. The molecule has 1 atom stereocenters. The lowest BCUT2D eigenvalue weighted by atomic mass is 9.92. The summed E-state index contributed by atoms with van der Waals surface area (Å²) >= 11 is 0. The Labute approximate surface area is 170 Å². The Bertz CT molecular complexity index is 1260. The van der Waals surface area contributed by atoms with Crippen LogP contribution in [-0.2, 0) is 0 Å². The smallest absolute Gasteiger partial charge is 0.288 e. The van der Waals surface area contributed by atoms with Gasteiger partial charge in [-0.2, -0.15) is 9.78 Å². The first-order valence-electron chi connectivity index (χ1n) is 9.15. The first-order valence-corrected chi connectivity index (χ1v) is 9.15. The van der Waals surface area contributed by atoms with Crippen molar-refractivity contribution in [1.82, 2.24) is 30.4 Å². The summed E-state index contributed by atoms with van der Waals surface area (Å²) in [4.78, 5) is 12.7. The van der Waals surface area contributed by atoms with Gasteiger partial charge in [0.2, 0.25) is 5.95 Å². The summed E-state index contributed by atoms with van der Waals surface area (Å²) in [6, 6.07) is 14.6. The zero-order valence-electron chi connectivity index (χ0n) is 16.2. The second kappa shape index (κ2) is 6.99. The van der Waals surface area contributed by atoms with E-state index in [9.17, 15) is 4.79 Å². The molecular formula is C20H17N7O3. The highest BCUT2D eigenvalue weighted by molar-refractivity contribution is 5.75. The van der Waals surface area contributed by atoms with Crippen LogP contribution in [0, 0.1) is 0 Å². The molecule has 10 heteroatoms. The van der Waals surface area contributed by atoms with Gasteiger partial charge in [-0.3, -0.25) is 4.79 Å². The number of methoxy groups -OCH3 is 2. The summed E-state index contributed by atoms with van der Waals surface area (Å²) in [6.07, 6.45) is 0.